The van der Waals surface area contributed by atoms with E-state index in [4.69, 9.17) is 5.26 Å². The maximum Gasteiger partial charge on any atom is 0.416 e. The normalized spacial score (nSPS) is 10.7. The lowest BCUT2D eigenvalue weighted by Crippen LogP contribution is -2.31. The first-order valence-electron chi connectivity index (χ1n) is 5.43. The Balaban J connectivity index is 3.05. The van der Waals surface area contributed by atoms with Crippen LogP contribution in [0.15, 0.2) is 18.2 Å². The van der Waals surface area contributed by atoms with Gasteiger partial charge in [0.1, 0.15) is 6.07 Å². The van der Waals surface area contributed by atoms with E-state index in [9.17, 15) is 18.0 Å². The monoisotopic (exact) mass is 271 g/mol. The van der Waals surface area contributed by atoms with Crippen molar-refractivity contribution in [1.29, 1.82) is 5.26 Å². The van der Waals surface area contributed by atoms with Crippen LogP contribution in [-0.4, -0.2) is 24.5 Å². The van der Waals surface area contributed by atoms with Gasteiger partial charge in [0, 0.05) is 13.6 Å². The smallest absolute Gasteiger partial charge is 0.328 e. The minimum Gasteiger partial charge on any atom is -0.328 e. The number of benzene rings is 1. The Hall–Kier alpha value is -2.23. The minimum absolute atomic E-state index is 0.0563. The number of amides is 2. The zero-order valence-electron chi connectivity index (χ0n) is 10.4. The first kappa shape index (κ1) is 14.8. The van der Waals surface area contributed by atoms with E-state index in [1.165, 1.54) is 11.9 Å². The molecule has 0 aliphatic carbocycles. The standard InChI is InChI=1S/C12H12F3N3O/c1-3-18(2)11(19)17-10-5-4-9(12(13,14)15)6-8(10)7-16/h4-6H,3H2,1-2H3,(H,17,19). The molecule has 19 heavy (non-hydrogen) atoms. The molecule has 0 fully saturated rings. The fraction of sp³-hybridized carbons (Fsp3) is 0.333. The third kappa shape index (κ3) is 3.61. The molecule has 0 aliphatic heterocycles. The number of anilines is 1. The number of alkyl halides is 3. The lowest BCUT2D eigenvalue weighted by atomic mass is 10.1. The predicted octanol–water partition coefficient (Wildman–Crippen LogP) is 3.06. The molecule has 0 saturated carbocycles. The van der Waals surface area contributed by atoms with Gasteiger partial charge in [-0.3, -0.25) is 0 Å². The van der Waals surface area contributed by atoms with Crippen LogP contribution in [0.1, 0.15) is 18.1 Å². The summed E-state index contributed by atoms with van der Waals surface area (Å²) in [4.78, 5) is 12.9. The maximum absolute atomic E-state index is 12.5. The van der Waals surface area contributed by atoms with Crippen LogP contribution in [0.5, 0.6) is 0 Å². The van der Waals surface area contributed by atoms with Crippen LogP contribution >= 0.6 is 0 Å². The van der Waals surface area contributed by atoms with Gasteiger partial charge in [0.05, 0.1) is 16.8 Å². The van der Waals surface area contributed by atoms with Gasteiger partial charge in [-0.2, -0.15) is 18.4 Å². The fourth-order valence-electron chi connectivity index (χ4n) is 1.28. The van der Waals surface area contributed by atoms with Crippen LogP contribution in [-0.2, 0) is 6.18 Å². The minimum atomic E-state index is -4.52. The number of carbonyl (C=O) groups excluding carboxylic acids is 1. The molecule has 2 amide bonds. The van der Waals surface area contributed by atoms with Crippen molar-refractivity contribution in [3.05, 3.63) is 29.3 Å². The molecule has 0 atom stereocenters. The molecular weight excluding hydrogens is 259 g/mol. The van der Waals surface area contributed by atoms with Crippen molar-refractivity contribution in [2.24, 2.45) is 0 Å². The van der Waals surface area contributed by atoms with E-state index in [0.717, 1.165) is 12.1 Å². The molecule has 102 valence electrons. The first-order valence-corrected chi connectivity index (χ1v) is 5.43. The molecule has 0 aromatic heterocycles. The molecule has 7 heteroatoms. The van der Waals surface area contributed by atoms with Crippen molar-refractivity contribution in [2.45, 2.75) is 13.1 Å². The summed E-state index contributed by atoms with van der Waals surface area (Å²) in [5.74, 6) is 0. The topological polar surface area (TPSA) is 56.1 Å². The molecule has 1 rings (SSSR count). The lowest BCUT2D eigenvalue weighted by molar-refractivity contribution is -0.137. The highest BCUT2D eigenvalue weighted by molar-refractivity contribution is 5.90. The highest BCUT2D eigenvalue weighted by Crippen LogP contribution is 2.31. The fourth-order valence-corrected chi connectivity index (χ4v) is 1.28. The number of rotatable bonds is 2. The molecule has 0 radical (unpaired) electrons. The second kappa shape index (κ2) is 5.61. The van der Waals surface area contributed by atoms with E-state index in [-0.39, 0.29) is 11.3 Å². The van der Waals surface area contributed by atoms with Gasteiger partial charge in [-0.15, -0.1) is 0 Å². The predicted molar refractivity (Wildman–Crippen MR) is 63.5 cm³/mol. The molecule has 1 N–H and O–H groups in total. The summed E-state index contributed by atoms with van der Waals surface area (Å²) in [5, 5.41) is 11.2. The Morgan fingerprint density at radius 3 is 2.58 bits per heavy atom. The summed E-state index contributed by atoms with van der Waals surface area (Å²) in [6, 6.07) is 3.75. The van der Waals surface area contributed by atoms with Gasteiger partial charge in [-0.05, 0) is 25.1 Å². The second-order valence-electron chi connectivity index (χ2n) is 3.81. The molecule has 0 bridgehead atoms. The van der Waals surface area contributed by atoms with Crippen molar-refractivity contribution < 1.29 is 18.0 Å². The van der Waals surface area contributed by atoms with Crippen molar-refractivity contribution >= 4 is 11.7 Å². The van der Waals surface area contributed by atoms with Gasteiger partial charge in [0.2, 0.25) is 0 Å². The van der Waals surface area contributed by atoms with E-state index in [2.05, 4.69) is 5.32 Å². The van der Waals surface area contributed by atoms with E-state index < -0.39 is 17.8 Å². The van der Waals surface area contributed by atoms with Crippen LogP contribution in [0.4, 0.5) is 23.7 Å². The third-order valence-electron chi connectivity index (χ3n) is 2.53. The molecule has 0 aliphatic rings. The summed E-state index contributed by atoms with van der Waals surface area (Å²) >= 11 is 0. The summed E-state index contributed by atoms with van der Waals surface area (Å²) in [7, 11) is 1.53. The van der Waals surface area contributed by atoms with E-state index >= 15 is 0 Å². The summed E-state index contributed by atoms with van der Waals surface area (Å²) in [5.41, 5.74) is -1.10. The van der Waals surface area contributed by atoms with Gasteiger partial charge < -0.3 is 10.2 Å². The average molecular weight is 271 g/mol. The number of nitriles is 1. The van der Waals surface area contributed by atoms with Gasteiger partial charge >= 0.3 is 12.2 Å². The Morgan fingerprint density at radius 2 is 2.11 bits per heavy atom. The molecule has 1 aromatic carbocycles. The van der Waals surface area contributed by atoms with E-state index in [0.29, 0.717) is 12.6 Å². The van der Waals surface area contributed by atoms with Crippen molar-refractivity contribution in [3.63, 3.8) is 0 Å². The summed E-state index contributed by atoms with van der Waals surface area (Å²) in [6.07, 6.45) is -4.52. The van der Waals surface area contributed by atoms with Gasteiger partial charge in [0.15, 0.2) is 0 Å². The Labute approximate surface area is 108 Å². The summed E-state index contributed by atoms with van der Waals surface area (Å²) in [6.45, 7) is 2.19. The van der Waals surface area contributed by atoms with Crippen LogP contribution in [0, 0.1) is 11.3 Å². The van der Waals surface area contributed by atoms with E-state index in [1.807, 2.05) is 0 Å². The van der Waals surface area contributed by atoms with Crippen LogP contribution < -0.4 is 5.32 Å². The number of carbonyl (C=O) groups is 1. The second-order valence-corrected chi connectivity index (χ2v) is 3.81. The van der Waals surface area contributed by atoms with Crippen molar-refractivity contribution in [2.75, 3.05) is 18.9 Å². The number of hydrogen-bond donors (Lipinski definition) is 1. The van der Waals surface area contributed by atoms with Gasteiger partial charge in [-0.1, -0.05) is 0 Å². The molecule has 4 nitrogen and oxygen atoms in total. The molecule has 0 spiro atoms. The van der Waals surface area contributed by atoms with Gasteiger partial charge in [-0.25, -0.2) is 4.79 Å². The average Bonchev–Trinajstić information content (AvgIpc) is 2.36. The maximum atomic E-state index is 12.5. The molecule has 0 unspecified atom stereocenters. The highest BCUT2D eigenvalue weighted by atomic mass is 19.4. The SMILES string of the molecule is CCN(C)C(=O)Nc1ccc(C(F)(F)F)cc1C#N. The summed E-state index contributed by atoms with van der Waals surface area (Å²) < 4.78 is 37.4. The highest BCUT2D eigenvalue weighted by Gasteiger charge is 2.31. The first-order chi connectivity index (χ1) is 8.79. The van der Waals surface area contributed by atoms with E-state index in [1.54, 1.807) is 13.0 Å². The lowest BCUT2D eigenvalue weighted by Gasteiger charge is -2.16. The Kier molecular flexibility index (Phi) is 4.38. The number of halogens is 3. The Bertz CT molecular complexity index is 520. The molecule has 1 aromatic rings. The quantitative estimate of drug-likeness (QED) is 0.898. The van der Waals surface area contributed by atoms with Crippen LogP contribution in [0.2, 0.25) is 0 Å². The molecule has 0 saturated heterocycles. The van der Waals surface area contributed by atoms with Crippen molar-refractivity contribution in [3.8, 4) is 6.07 Å². The molecule has 0 heterocycles. The van der Waals surface area contributed by atoms with Crippen LogP contribution in [0.25, 0.3) is 0 Å². The van der Waals surface area contributed by atoms with Gasteiger partial charge in [0.25, 0.3) is 0 Å². The Morgan fingerprint density at radius 1 is 1.47 bits per heavy atom. The van der Waals surface area contributed by atoms with Crippen molar-refractivity contribution in [1.82, 2.24) is 4.90 Å². The largest absolute Gasteiger partial charge is 0.416 e. The zero-order chi connectivity index (χ0) is 14.6. The zero-order valence-corrected chi connectivity index (χ0v) is 10.4. The number of nitrogens with zero attached hydrogens (tertiary/aromatic N) is 2. The number of urea groups is 1. The number of hydrogen-bond acceptors (Lipinski definition) is 2. The third-order valence-corrected chi connectivity index (χ3v) is 2.53. The molecular formula is C12H12F3N3O. The number of nitrogens with one attached hydrogen (secondary N) is 1. The van der Waals surface area contributed by atoms with Crippen LogP contribution in [0.3, 0.4) is 0 Å².